The van der Waals surface area contributed by atoms with Gasteiger partial charge in [0.15, 0.2) is 0 Å². The highest BCUT2D eigenvalue weighted by molar-refractivity contribution is 7.92. The lowest BCUT2D eigenvalue weighted by Gasteiger charge is -2.50. The number of hydrogen-bond donors (Lipinski definition) is 0. The van der Waals surface area contributed by atoms with Crippen LogP contribution in [0.1, 0.15) is 24.6 Å². The number of rotatable bonds is 5. The summed E-state index contributed by atoms with van der Waals surface area (Å²) in [6, 6.07) is 3.45. The summed E-state index contributed by atoms with van der Waals surface area (Å²) < 4.78 is 33.7. The molecule has 3 fully saturated rings. The standard InChI is InChI=1S/C21H29ClN4O5S2/c1-16(27)24-9-7-20(8-10-24)13-26-19(28)12-25(14-21(26,15-31-3)23(20)2)33(29,30)11-6-17-4-5-18(22)32-17/h4-6,11H,7-10,12-15H2,1-3H3. The monoisotopic (exact) mass is 516 g/mol. The molecular weight excluding hydrogens is 488 g/mol. The number of nitrogens with zero attached hydrogens (tertiary/aromatic N) is 4. The van der Waals surface area contributed by atoms with Crippen LogP contribution in [0, 0.1) is 0 Å². The zero-order valence-corrected chi connectivity index (χ0v) is 21.4. The topological polar surface area (TPSA) is 90.5 Å². The minimum atomic E-state index is -3.85. The number of piperazine rings is 1. The number of sulfonamides is 1. The first-order valence-corrected chi connectivity index (χ1v) is 13.5. The van der Waals surface area contributed by atoms with Crippen LogP contribution in [0.3, 0.4) is 0 Å². The maximum absolute atomic E-state index is 13.3. The Kier molecular flexibility index (Phi) is 6.67. The number of methoxy groups -OCH3 is 1. The SMILES string of the molecule is COCC12CN(S(=O)(=O)C=Cc3ccc(Cl)s3)CC(=O)N1CC1(CCN(C(C)=O)CC1)N2C. The molecule has 3 saturated heterocycles. The fourth-order valence-corrected chi connectivity index (χ4v) is 7.49. The number of ether oxygens (including phenoxy) is 1. The number of thiophene rings is 1. The minimum absolute atomic E-state index is 0.0435. The molecule has 0 aromatic carbocycles. The second-order valence-electron chi connectivity index (χ2n) is 8.94. The molecule has 4 rings (SSSR count). The quantitative estimate of drug-likeness (QED) is 0.589. The van der Waals surface area contributed by atoms with Crippen LogP contribution in [0.4, 0.5) is 0 Å². The summed E-state index contributed by atoms with van der Waals surface area (Å²) in [4.78, 5) is 31.5. The van der Waals surface area contributed by atoms with E-state index in [-0.39, 0.29) is 37.0 Å². The average molecular weight is 517 g/mol. The highest BCUT2D eigenvalue weighted by atomic mass is 35.5. The van der Waals surface area contributed by atoms with Crippen LogP contribution in [0.2, 0.25) is 4.34 Å². The predicted octanol–water partition coefficient (Wildman–Crippen LogP) is 1.52. The summed E-state index contributed by atoms with van der Waals surface area (Å²) in [5, 5.41) is 1.13. The van der Waals surface area contributed by atoms with Crippen molar-refractivity contribution in [2.45, 2.75) is 31.0 Å². The van der Waals surface area contributed by atoms with E-state index in [1.54, 1.807) is 31.1 Å². The highest BCUT2D eigenvalue weighted by Gasteiger charge is 2.62. The van der Waals surface area contributed by atoms with E-state index in [2.05, 4.69) is 4.90 Å². The first kappa shape index (κ1) is 24.6. The molecule has 1 spiro atoms. The Bertz CT molecular complexity index is 1070. The van der Waals surface area contributed by atoms with Gasteiger partial charge in [0.05, 0.1) is 24.0 Å². The largest absolute Gasteiger partial charge is 0.381 e. The predicted molar refractivity (Wildman–Crippen MR) is 127 cm³/mol. The normalized spacial score (nSPS) is 26.5. The summed E-state index contributed by atoms with van der Waals surface area (Å²) in [5.74, 6) is -0.200. The fourth-order valence-electron chi connectivity index (χ4n) is 5.28. The average Bonchev–Trinajstić information content (AvgIpc) is 3.28. The van der Waals surface area contributed by atoms with Crippen molar-refractivity contribution in [3.63, 3.8) is 0 Å². The molecule has 1 aromatic rings. The zero-order chi connectivity index (χ0) is 24.0. The molecule has 1 atom stereocenters. The number of carbonyl (C=O) groups excluding carboxylic acids is 2. The summed E-state index contributed by atoms with van der Waals surface area (Å²) in [6.45, 7) is 3.36. The molecule has 0 bridgehead atoms. The summed E-state index contributed by atoms with van der Waals surface area (Å²) in [6.07, 6.45) is 2.93. The highest BCUT2D eigenvalue weighted by Crippen LogP contribution is 2.45. The Hall–Kier alpha value is -1.50. The molecule has 0 radical (unpaired) electrons. The number of fused-ring (bicyclic) bond motifs is 1. The van der Waals surface area contributed by atoms with E-state index in [4.69, 9.17) is 16.3 Å². The van der Waals surface area contributed by atoms with Gasteiger partial charge in [0.25, 0.3) is 0 Å². The molecular formula is C21H29ClN4O5S2. The smallest absolute Gasteiger partial charge is 0.239 e. The third-order valence-corrected chi connectivity index (χ3v) is 9.86. The van der Waals surface area contributed by atoms with Gasteiger partial charge in [0, 0.05) is 49.5 Å². The van der Waals surface area contributed by atoms with Crippen LogP contribution in [-0.4, -0.2) is 104 Å². The van der Waals surface area contributed by atoms with Crippen molar-refractivity contribution in [3.05, 3.63) is 26.8 Å². The van der Waals surface area contributed by atoms with Gasteiger partial charge < -0.3 is 14.5 Å². The van der Waals surface area contributed by atoms with Crippen molar-refractivity contribution in [3.8, 4) is 0 Å². The zero-order valence-electron chi connectivity index (χ0n) is 19.0. The van der Waals surface area contributed by atoms with E-state index in [0.717, 1.165) is 5.41 Å². The van der Waals surface area contributed by atoms with E-state index in [1.165, 1.54) is 21.7 Å². The van der Waals surface area contributed by atoms with Crippen molar-refractivity contribution in [1.29, 1.82) is 0 Å². The Morgan fingerprint density at radius 1 is 1.27 bits per heavy atom. The number of likely N-dealkylation sites (N-methyl/N-ethyl adjacent to an activating group) is 1. The molecule has 3 aliphatic rings. The van der Waals surface area contributed by atoms with Gasteiger partial charge in [-0.25, -0.2) is 8.42 Å². The number of amides is 2. The van der Waals surface area contributed by atoms with Gasteiger partial charge in [-0.1, -0.05) is 11.6 Å². The van der Waals surface area contributed by atoms with Crippen molar-refractivity contribution >= 4 is 50.9 Å². The van der Waals surface area contributed by atoms with Gasteiger partial charge >= 0.3 is 0 Å². The Morgan fingerprint density at radius 2 is 1.97 bits per heavy atom. The minimum Gasteiger partial charge on any atom is -0.381 e. The molecule has 1 unspecified atom stereocenters. The molecule has 1 aromatic heterocycles. The fraction of sp³-hybridized carbons (Fsp3) is 0.619. The van der Waals surface area contributed by atoms with E-state index < -0.39 is 15.7 Å². The maximum atomic E-state index is 13.3. The summed E-state index contributed by atoms with van der Waals surface area (Å²) in [7, 11) is -0.354. The number of halogens is 1. The number of piperidine rings is 1. The lowest BCUT2D eigenvalue weighted by atomic mass is 9.86. The first-order valence-electron chi connectivity index (χ1n) is 10.8. The Balaban J connectivity index is 1.61. The second-order valence-corrected chi connectivity index (χ2v) is 12.5. The Morgan fingerprint density at radius 3 is 2.55 bits per heavy atom. The molecule has 4 heterocycles. The molecule has 12 heteroatoms. The van der Waals surface area contributed by atoms with E-state index in [0.29, 0.717) is 41.7 Å². The van der Waals surface area contributed by atoms with Gasteiger partial charge in [-0.05, 0) is 38.1 Å². The molecule has 3 aliphatic heterocycles. The lowest BCUT2D eigenvalue weighted by molar-refractivity contribution is -0.152. The van der Waals surface area contributed by atoms with Crippen LogP contribution < -0.4 is 0 Å². The van der Waals surface area contributed by atoms with Crippen molar-refractivity contribution in [2.75, 3.05) is 53.5 Å². The van der Waals surface area contributed by atoms with Crippen molar-refractivity contribution < 1.29 is 22.7 Å². The molecule has 0 aliphatic carbocycles. The van der Waals surface area contributed by atoms with Gasteiger partial charge in [-0.3, -0.25) is 14.5 Å². The van der Waals surface area contributed by atoms with Gasteiger partial charge in [0.1, 0.15) is 5.66 Å². The third kappa shape index (κ3) is 4.35. The van der Waals surface area contributed by atoms with Crippen molar-refractivity contribution in [1.82, 2.24) is 19.0 Å². The Labute approximate surface area is 203 Å². The lowest BCUT2D eigenvalue weighted by Crippen LogP contribution is -2.70. The number of likely N-dealkylation sites (tertiary alicyclic amines) is 1. The van der Waals surface area contributed by atoms with Crippen LogP contribution in [0.5, 0.6) is 0 Å². The molecule has 0 saturated carbocycles. The van der Waals surface area contributed by atoms with Crippen LogP contribution in [0.25, 0.3) is 6.08 Å². The van der Waals surface area contributed by atoms with E-state index in [9.17, 15) is 18.0 Å². The van der Waals surface area contributed by atoms with Crippen LogP contribution in [0.15, 0.2) is 17.5 Å². The van der Waals surface area contributed by atoms with Crippen LogP contribution in [-0.2, 0) is 24.3 Å². The molecule has 2 amide bonds. The molecule has 33 heavy (non-hydrogen) atoms. The first-order chi connectivity index (χ1) is 15.5. The van der Waals surface area contributed by atoms with Gasteiger partial charge in [-0.2, -0.15) is 4.31 Å². The van der Waals surface area contributed by atoms with Crippen LogP contribution >= 0.6 is 22.9 Å². The number of carbonyl (C=O) groups is 2. The van der Waals surface area contributed by atoms with E-state index >= 15 is 0 Å². The van der Waals surface area contributed by atoms with Gasteiger partial charge in [-0.15, -0.1) is 11.3 Å². The summed E-state index contributed by atoms with van der Waals surface area (Å²) >= 11 is 7.22. The third-order valence-electron chi connectivity index (χ3n) is 7.21. The molecule has 182 valence electrons. The molecule has 0 N–H and O–H groups in total. The van der Waals surface area contributed by atoms with Crippen molar-refractivity contribution in [2.24, 2.45) is 0 Å². The van der Waals surface area contributed by atoms with Gasteiger partial charge in [0.2, 0.25) is 21.8 Å². The summed E-state index contributed by atoms with van der Waals surface area (Å²) in [5.41, 5.74) is -1.24. The number of hydrogen-bond acceptors (Lipinski definition) is 7. The molecule has 9 nitrogen and oxygen atoms in total. The maximum Gasteiger partial charge on any atom is 0.239 e. The second kappa shape index (κ2) is 8.94. The van der Waals surface area contributed by atoms with E-state index in [1.807, 2.05) is 11.9 Å².